The Kier molecular flexibility index (Phi) is 3.09. The van der Waals surface area contributed by atoms with Crippen LogP contribution in [0.4, 0.5) is 0 Å². The molecule has 0 aliphatic carbocycles. The number of carbonyl (C=O) groups is 1. The van der Waals surface area contributed by atoms with E-state index >= 15 is 0 Å². The Balaban J connectivity index is 2.19. The molecule has 1 fully saturated rings. The van der Waals surface area contributed by atoms with Crippen molar-refractivity contribution >= 4 is 14.9 Å². The van der Waals surface area contributed by atoms with Gasteiger partial charge in [0.15, 0.2) is 0 Å². The highest BCUT2D eigenvalue weighted by atomic mass is 28.2. The third-order valence-electron chi connectivity index (χ3n) is 1.79. The van der Waals surface area contributed by atoms with Crippen molar-refractivity contribution in [2.75, 3.05) is 6.61 Å². The SMILES string of the molecule is CC(=O)[SiH2]C1CCCCO1. The highest BCUT2D eigenvalue weighted by Gasteiger charge is 2.15. The van der Waals surface area contributed by atoms with Crippen LogP contribution < -0.4 is 0 Å². The quantitative estimate of drug-likeness (QED) is 0.538. The van der Waals surface area contributed by atoms with E-state index in [1.54, 1.807) is 6.92 Å². The molecule has 58 valence electrons. The summed E-state index contributed by atoms with van der Waals surface area (Å²) >= 11 is 0. The number of ether oxygens (including phenoxy) is 1. The molecule has 0 amide bonds. The van der Waals surface area contributed by atoms with Gasteiger partial charge < -0.3 is 9.53 Å². The van der Waals surface area contributed by atoms with Crippen molar-refractivity contribution in [1.29, 1.82) is 0 Å². The Labute approximate surface area is 63.8 Å². The summed E-state index contributed by atoms with van der Waals surface area (Å²) in [7, 11) is -0.561. The number of carbonyl (C=O) groups excluding carboxylic acids is 1. The van der Waals surface area contributed by atoms with Gasteiger partial charge in [-0.2, -0.15) is 0 Å². The number of rotatable bonds is 2. The molecule has 1 aliphatic rings. The highest BCUT2D eigenvalue weighted by molar-refractivity contribution is 6.74. The molecule has 0 spiro atoms. The van der Waals surface area contributed by atoms with Gasteiger partial charge in [0.25, 0.3) is 0 Å². The van der Waals surface area contributed by atoms with E-state index in [2.05, 4.69) is 0 Å². The van der Waals surface area contributed by atoms with Gasteiger partial charge in [0.2, 0.25) is 0 Å². The first kappa shape index (κ1) is 7.95. The van der Waals surface area contributed by atoms with Crippen LogP contribution in [0.2, 0.25) is 0 Å². The van der Waals surface area contributed by atoms with E-state index in [0.717, 1.165) is 13.0 Å². The van der Waals surface area contributed by atoms with E-state index < -0.39 is 9.52 Å². The third kappa shape index (κ3) is 2.62. The normalized spacial score (nSPS) is 27.5. The monoisotopic (exact) mass is 158 g/mol. The average molecular weight is 158 g/mol. The van der Waals surface area contributed by atoms with Crippen molar-refractivity contribution in [1.82, 2.24) is 0 Å². The van der Waals surface area contributed by atoms with Crippen molar-refractivity contribution in [3.8, 4) is 0 Å². The molecule has 0 radical (unpaired) electrons. The molecule has 0 aromatic rings. The van der Waals surface area contributed by atoms with Gasteiger partial charge in [-0.1, -0.05) is 0 Å². The third-order valence-corrected chi connectivity index (χ3v) is 3.46. The van der Waals surface area contributed by atoms with Crippen LogP contribution in [0.3, 0.4) is 0 Å². The topological polar surface area (TPSA) is 26.3 Å². The predicted molar refractivity (Wildman–Crippen MR) is 42.8 cm³/mol. The van der Waals surface area contributed by atoms with E-state index in [1.807, 2.05) is 0 Å². The van der Waals surface area contributed by atoms with Gasteiger partial charge in [-0.25, -0.2) is 0 Å². The maximum Gasteiger partial charge on any atom is 0.134 e. The minimum Gasteiger partial charge on any atom is -0.382 e. The van der Waals surface area contributed by atoms with Crippen LogP contribution in [0.1, 0.15) is 26.2 Å². The zero-order valence-corrected chi connectivity index (χ0v) is 7.84. The molecule has 3 heteroatoms. The lowest BCUT2D eigenvalue weighted by Crippen LogP contribution is -2.29. The molecule has 0 aromatic heterocycles. The van der Waals surface area contributed by atoms with E-state index in [9.17, 15) is 4.79 Å². The first-order valence-corrected chi connectivity index (χ1v) is 5.42. The van der Waals surface area contributed by atoms with Crippen LogP contribution in [0.5, 0.6) is 0 Å². The second kappa shape index (κ2) is 3.88. The van der Waals surface area contributed by atoms with Gasteiger partial charge in [0, 0.05) is 6.61 Å². The minimum absolute atomic E-state index is 0.367. The van der Waals surface area contributed by atoms with Gasteiger partial charge in [0.1, 0.15) is 14.9 Å². The molecule has 1 heterocycles. The van der Waals surface area contributed by atoms with Crippen LogP contribution in [-0.4, -0.2) is 27.3 Å². The van der Waals surface area contributed by atoms with Crippen LogP contribution in [0, 0.1) is 0 Å². The van der Waals surface area contributed by atoms with Gasteiger partial charge in [-0.05, 0) is 26.2 Å². The molecule has 2 nitrogen and oxygen atoms in total. The van der Waals surface area contributed by atoms with Crippen LogP contribution >= 0.6 is 0 Å². The Hall–Kier alpha value is -0.153. The molecular weight excluding hydrogens is 144 g/mol. The Morgan fingerprint density at radius 1 is 1.60 bits per heavy atom. The highest BCUT2D eigenvalue weighted by Crippen LogP contribution is 2.11. The summed E-state index contributed by atoms with van der Waals surface area (Å²) in [6, 6.07) is 0. The first-order valence-electron chi connectivity index (χ1n) is 3.90. The van der Waals surface area contributed by atoms with E-state index in [0.29, 0.717) is 11.1 Å². The van der Waals surface area contributed by atoms with Crippen molar-refractivity contribution in [3.63, 3.8) is 0 Å². The summed E-state index contributed by atoms with van der Waals surface area (Å²) in [6.45, 7) is 2.56. The molecule has 1 saturated heterocycles. The van der Waals surface area contributed by atoms with Gasteiger partial charge in [-0.3, -0.25) is 0 Å². The Morgan fingerprint density at radius 3 is 2.90 bits per heavy atom. The zero-order valence-electron chi connectivity index (χ0n) is 6.43. The molecule has 1 atom stereocenters. The molecule has 1 rings (SSSR count). The summed E-state index contributed by atoms with van der Waals surface area (Å²) in [5.74, 6) is 0. The maximum atomic E-state index is 10.7. The van der Waals surface area contributed by atoms with Crippen molar-refractivity contribution in [2.24, 2.45) is 0 Å². The molecule has 0 bridgehead atoms. The molecule has 0 saturated carbocycles. The zero-order chi connectivity index (χ0) is 7.40. The summed E-state index contributed by atoms with van der Waals surface area (Å²) in [4.78, 5) is 10.7. The van der Waals surface area contributed by atoms with Crippen LogP contribution in [0.25, 0.3) is 0 Å². The smallest absolute Gasteiger partial charge is 0.134 e. The molecule has 1 aliphatic heterocycles. The minimum atomic E-state index is -0.561. The largest absolute Gasteiger partial charge is 0.382 e. The fraction of sp³-hybridized carbons (Fsp3) is 0.857. The van der Waals surface area contributed by atoms with E-state index in [-0.39, 0.29) is 0 Å². The van der Waals surface area contributed by atoms with Crippen molar-refractivity contribution in [2.45, 2.75) is 31.9 Å². The maximum absolute atomic E-state index is 10.7. The van der Waals surface area contributed by atoms with Crippen LogP contribution in [0.15, 0.2) is 0 Å². The van der Waals surface area contributed by atoms with Crippen molar-refractivity contribution < 1.29 is 9.53 Å². The summed E-state index contributed by atoms with van der Waals surface area (Å²) in [5, 5.41) is 0.381. The van der Waals surface area contributed by atoms with Crippen molar-refractivity contribution in [3.05, 3.63) is 0 Å². The Bertz CT molecular complexity index is 119. The summed E-state index contributed by atoms with van der Waals surface area (Å²) < 4.78 is 5.43. The lowest BCUT2D eigenvalue weighted by Gasteiger charge is -2.20. The molecule has 0 N–H and O–H groups in total. The van der Waals surface area contributed by atoms with Crippen LogP contribution in [-0.2, 0) is 9.53 Å². The van der Waals surface area contributed by atoms with E-state index in [1.165, 1.54) is 12.8 Å². The lowest BCUT2D eigenvalue weighted by molar-refractivity contribution is -0.110. The molecular formula is C7H14O2Si. The van der Waals surface area contributed by atoms with Gasteiger partial charge in [0.05, 0.1) is 5.73 Å². The fourth-order valence-corrected chi connectivity index (χ4v) is 2.71. The fourth-order valence-electron chi connectivity index (χ4n) is 1.29. The lowest BCUT2D eigenvalue weighted by atomic mass is 10.2. The van der Waals surface area contributed by atoms with E-state index in [4.69, 9.17) is 4.74 Å². The standard InChI is InChI=1S/C7H14O2Si/c1-6(8)10-7-4-2-3-5-9-7/h7H,2-5,10H2,1H3. The first-order chi connectivity index (χ1) is 4.79. The molecule has 0 aromatic carbocycles. The predicted octanol–water partition coefficient (Wildman–Crippen LogP) is 0.228. The number of hydrogen-bond acceptors (Lipinski definition) is 2. The summed E-state index contributed by atoms with van der Waals surface area (Å²) in [6.07, 6.45) is 3.57. The molecule has 1 unspecified atom stereocenters. The average Bonchev–Trinajstić information content (AvgIpc) is 1.88. The molecule has 10 heavy (non-hydrogen) atoms. The number of hydrogen-bond donors (Lipinski definition) is 0. The second-order valence-corrected chi connectivity index (χ2v) is 5.21. The summed E-state index contributed by atoms with van der Waals surface area (Å²) in [5.41, 5.74) is 0.367. The second-order valence-electron chi connectivity index (χ2n) is 2.89. The Morgan fingerprint density at radius 2 is 2.40 bits per heavy atom. The van der Waals surface area contributed by atoms with Gasteiger partial charge in [-0.15, -0.1) is 0 Å². The van der Waals surface area contributed by atoms with Gasteiger partial charge >= 0.3 is 0 Å².